The third-order valence-corrected chi connectivity index (χ3v) is 2.86. The Kier molecular flexibility index (Phi) is 2.95. The zero-order valence-electron chi connectivity index (χ0n) is 8.90. The van der Waals surface area contributed by atoms with Crippen molar-refractivity contribution in [3.05, 3.63) is 35.9 Å². The van der Waals surface area contributed by atoms with Gasteiger partial charge in [-0.1, -0.05) is 30.3 Å². The summed E-state index contributed by atoms with van der Waals surface area (Å²) < 4.78 is 0. The molecule has 1 aliphatic rings. The second-order valence-corrected chi connectivity index (χ2v) is 4.01. The lowest BCUT2D eigenvalue weighted by atomic mass is 9.81. The molecule has 1 aromatic rings. The Hall–Kier alpha value is -1.77. The predicted octanol–water partition coefficient (Wildman–Crippen LogP) is 2.26. The van der Waals surface area contributed by atoms with Crippen LogP contribution >= 0.6 is 0 Å². The largest absolute Gasteiger partial charge is 0.308 e. The molecule has 0 aromatic heterocycles. The lowest BCUT2D eigenvalue weighted by Gasteiger charge is -2.20. The molecular weight excluding hydrogens is 202 g/mol. The van der Waals surface area contributed by atoms with Crippen LogP contribution < -0.4 is 0 Å². The first-order chi connectivity index (χ1) is 7.70. The monoisotopic (exact) mass is 215 g/mol. The zero-order chi connectivity index (χ0) is 11.5. The summed E-state index contributed by atoms with van der Waals surface area (Å²) in [4.78, 5) is 23.7. The van der Waals surface area contributed by atoms with Gasteiger partial charge in [-0.15, -0.1) is 0 Å². The molecule has 1 aromatic carbocycles. The summed E-state index contributed by atoms with van der Waals surface area (Å²) in [5.41, 5.74) is 0.789. The highest BCUT2D eigenvalue weighted by Gasteiger charge is 2.33. The van der Waals surface area contributed by atoms with E-state index < -0.39 is 5.92 Å². The van der Waals surface area contributed by atoms with Crippen molar-refractivity contribution in [1.82, 2.24) is 0 Å². The van der Waals surface area contributed by atoms with Gasteiger partial charge in [0.2, 0.25) is 0 Å². The third kappa shape index (κ3) is 1.94. The van der Waals surface area contributed by atoms with Gasteiger partial charge in [0.25, 0.3) is 0 Å². The van der Waals surface area contributed by atoms with Crippen molar-refractivity contribution in [2.75, 3.05) is 0 Å². The standard InChI is InChI=1S/C13H13NO2/c14-10-7-4-8-11(15)12(10)13(16)9-5-2-1-3-6-9/h1-3,5-6,12,14H,4,7-8H2. The molecule has 16 heavy (non-hydrogen) atoms. The Balaban J connectivity index is 2.27. The topological polar surface area (TPSA) is 58.0 Å². The van der Waals surface area contributed by atoms with Crippen LogP contribution in [0.1, 0.15) is 29.6 Å². The summed E-state index contributed by atoms with van der Waals surface area (Å²) in [6, 6.07) is 8.74. The van der Waals surface area contributed by atoms with E-state index in [9.17, 15) is 9.59 Å². The summed E-state index contributed by atoms with van der Waals surface area (Å²) >= 11 is 0. The SMILES string of the molecule is N=C1CCCC(=O)C1C(=O)c1ccccc1. The Morgan fingerprint density at radius 2 is 1.88 bits per heavy atom. The number of Topliss-reactive ketones (excluding diaryl/α,β-unsaturated/α-hetero) is 2. The third-order valence-electron chi connectivity index (χ3n) is 2.86. The smallest absolute Gasteiger partial charge is 0.178 e. The maximum atomic E-state index is 12.1. The van der Waals surface area contributed by atoms with E-state index in [0.717, 1.165) is 0 Å². The second kappa shape index (κ2) is 4.39. The average molecular weight is 215 g/mol. The van der Waals surface area contributed by atoms with Crippen molar-refractivity contribution >= 4 is 17.3 Å². The minimum absolute atomic E-state index is 0.106. The number of benzene rings is 1. The molecule has 1 atom stereocenters. The van der Waals surface area contributed by atoms with Crippen molar-refractivity contribution in [2.24, 2.45) is 5.92 Å². The Bertz CT molecular complexity index is 421. The molecule has 2 rings (SSSR count). The van der Waals surface area contributed by atoms with Gasteiger partial charge in [0, 0.05) is 17.7 Å². The van der Waals surface area contributed by atoms with Crippen molar-refractivity contribution < 1.29 is 9.59 Å². The number of hydrogen-bond acceptors (Lipinski definition) is 3. The van der Waals surface area contributed by atoms with Gasteiger partial charge in [-0.05, 0) is 12.8 Å². The van der Waals surface area contributed by atoms with Crippen LogP contribution in [0.25, 0.3) is 0 Å². The van der Waals surface area contributed by atoms with Gasteiger partial charge in [-0.25, -0.2) is 0 Å². The quantitative estimate of drug-likeness (QED) is 0.607. The lowest BCUT2D eigenvalue weighted by molar-refractivity contribution is -0.120. The maximum Gasteiger partial charge on any atom is 0.178 e. The van der Waals surface area contributed by atoms with Crippen LogP contribution in [0.5, 0.6) is 0 Å². The van der Waals surface area contributed by atoms with E-state index in [1.165, 1.54) is 0 Å². The Morgan fingerprint density at radius 1 is 1.19 bits per heavy atom. The summed E-state index contributed by atoms with van der Waals surface area (Å²) in [5, 5.41) is 7.71. The first-order valence-corrected chi connectivity index (χ1v) is 5.39. The van der Waals surface area contributed by atoms with E-state index in [-0.39, 0.29) is 17.3 Å². The molecule has 0 radical (unpaired) electrons. The van der Waals surface area contributed by atoms with Gasteiger partial charge in [-0.2, -0.15) is 0 Å². The predicted molar refractivity (Wildman–Crippen MR) is 60.8 cm³/mol. The zero-order valence-corrected chi connectivity index (χ0v) is 8.90. The molecule has 1 unspecified atom stereocenters. The fourth-order valence-corrected chi connectivity index (χ4v) is 2.01. The summed E-state index contributed by atoms with van der Waals surface area (Å²) in [7, 11) is 0. The number of hydrogen-bond donors (Lipinski definition) is 1. The molecule has 3 heteroatoms. The van der Waals surface area contributed by atoms with E-state index in [2.05, 4.69) is 0 Å². The fourth-order valence-electron chi connectivity index (χ4n) is 2.01. The summed E-state index contributed by atoms with van der Waals surface area (Å²) in [5.74, 6) is -1.16. The molecule has 0 saturated heterocycles. The fraction of sp³-hybridized carbons (Fsp3) is 0.308. The van der Waals surface area contributed by atoms with Crippen molar-refractivity contribution in [2.45, 2.75) is 19.3 Å². The molecule has 3 nitrogen and oxygen atoms in total. The molecule has 1 saturated carbocycles. The molecule has 1 fully saturated rings. The van der Waals surface area contributed by atoms with Crippen LogP contribution in [0.4, 0.5) is 0 Å². The van der Waals surface area contributed by atoms with Crippen LogP contribution in [0.3, 0.4) is 0 Å². The van der Waals surface area contributed by atoms with Gasteiger partial charge in [0.05, 0.1) is 0 Å². The first kappa shape index (κ1) is 10.7. The Morgan fingerprint density at radius 3 is 2.50 bits per heavy atom. The van der Waals surface area contributed by atoms with E-state index in [1.807, 2.05) is 6.07 Å². The van der Waals surface area contributed by atoms with Crippen LogP contribution in [0.15, 0.2) is 30.3 Å². The van der Waals surface area contributed by atoms with Crippen LogP contribution in [-0.2, 0) is 4.79 Å². The number of carbonyl (C=O) groups excluding carboxylic acids is 2. The molecule has 82 valence electrons. The van der Waals surface area contributed by atoms with Crippen molar-refractivity contribution in [1.29, 1.82) is 5.41 Å². The van der Waals surface area contributed by atoms with Gasteiger partial charge >= 0.3 is 0 Å². The second-order valence-electron chi connectivity index (χ2n) is 4.01. The van der Waals surface area contributed by atoms with Crippen molar-refractivity contribution in [3.63, 3.8) is 0 Å². The number of ketones is 2. The first-order valence-electron chi connectivity index (χ1n) is 5.39. The Labute approximate surface area is 94.0 Å². The van der Waals surface area contributed by atoms with Gasteiger partial charge < -0.3 is 5.41 Å². The van der Waals surface area contributed by atoms with Gasteiger partial charge in [0.1, 0.15) is 11.7 Å². The molecular formula is C13H13NO2. The van der Waals surface area contributed by atoms with E-state index in [0.29, 0.717) is 24.8 Å². The van der Waals surface area contributed by atoms with Crippen LogP contribution in [-0.4, -0.2) is 17.3 Å². The lowest BCUT2D eigenvalue weighted by Crippen LogP contribution is -2.34. The van der Waals surface area contributed by atoms with E-state index >= 15 is 0 Å². The normalized spacial score (nSPS) is 20.9. The highest BCUT2D eigenvalue weighted by Crippen LogP contribution is 2.21. The van der Waals surface area contributed by atoms with Crippen molar-refractivity contribution in [3.8, 4) is 0 Å². The molecule has 0 heterocycles. The van der Waals surface area contributed by atoms with Crippen LogP contribution in [0.2, 0.25) is 0 Å². The van der Waals surface area contributed by atoms with Gasteiger partial charge in [-0.3, -0.25) is 9.59 Å². The molecule has 0 amide bonds. The molecule has 0 aliphatic heterocycles. The highest BCUT2D eigenvalue weighted by atomic mass is 16.2. The van der Waals surface area contributed by atoms with Gasteiger partial charge in [0.15, 0.2) is 5.78 Å². The van der Waals surface area contributed by atoms with Crippen LogP contribution in [0, 0.1) is 11.3 Å². The molecule has 0 bridgehead atoms. The minimum Gasteiger partial charge on any atom is -0.308 e. The number of rotatable bonds is 2. The minimum atomic E-state index is -0.823. The van der Waals surface area contributed by atoms with E-state index in [4.69, 9.17) is 5.41 Å². The number of nitrogens with one attached hydrogen (secondary N) is 1. The number of carbonyl (C=O) groups is 2. The average Bonchev–Trinajstić information content (AvgIpc) is 2.30. The molecule has 0 spiro atoms. The molecule has 1 aliphatic carbocycles. The maximum absolute atomic E-state index is 12.1. The summed E-state index contributed by atoms with van der Waals surface area (Å²) in [6.45, 7) is 0. The molecule has 1 N–H and O–H groups in total. The van der Waals surface area contributed by atoms with E-state index in [1.54, 1.807) is 24.3 Å². The highest BCUT2D eigenvalue weighted by molar-refractivity contribution is 6.25. The summed E-state index contributed by atoms with van der Waals surface area (Å²) in [6.07, 6.45) is 1.69.